The molecule has 0 bridgehead atoms. The van der Waals surface area contributed by atoms with Gasteiger partial charge in [0.1, 0.15) is 0 Å². The maximum atomic E-state index is 13.6. The average Bonchev–Trinajstić information content (AvgIpc) is 2.26. The SMILES string of the molecule is CCCC(C)COc1ccc(S(=O)(=O)Cl)cc1F. The molecule has 0 fully saturated rings. The molecule has 0 heterocycles. The first kappa shape index (κ1) is 15.2. The molecule has 1 aromatic carbocycles. The lowest BCUT2D eigenvalue weighted by atomic mass is 10.1. The molecule has 6 heteroatoms. The van der Waals surface area contributed by atoms with Crippen LogP contribution in [0.5, 0.6) is 5.75 Å². The molecule has 0 radical (unpaired) electrons. The lowest BCUT2D eigenvalue weighted by Gasteiger charge is -2.12. The predicted molar refractivity (Wildman–Crippen MR) is 69.0 cm³/mol. The second-order valence-corrected chi connectivity index (χ2v) is 6.80. The Bertz CT molecular complexity index is 502. The minimum atomic E-state index is -3.91. The minimum Gasteiger partial charge on any atom is -0.490 e. The fraction of sp³-hybridized carbons (Fsp3) is 0.500. The summed E-state index contributed by atoms with van der Waals surface area (Å²) >= 11 is 0. The predicted octanol–water partition coefficient (Wildman–Crippen LogP) is 3.57. The lowest BCUT2D eigenvalue weighted by molar-refractivity contribution is 0.241. The summed E-state index contributed by atoms with van der Waals surface area (Å²) in [6, 6.07) is 3.37. The molecule has 0 aliphatic rings. The van der Waals surface area contributed by atoms with Gasteiger partial charge in [-0.15, -0.1) is 0 Å². The van der Waals surface area contributed by atoms with Crippen LogP contribution in [0.25, 0.3) is 0 Å². The lowest BCUT2D eigenvalue weighted by Crippen LogP contribution is -2.09. The number of rotatable bonds is 6. The first-order valence-electron chi connectivity index (χ1n) is 5.71. The number of ether oxygens (including phenoxy) is 1. The van der Waals surface area contributed by atoms with E-state index in [1.54, 1.807) is 0 Å². The van der Waals surface area contributed by atoms with Crippen molar-refractivity contribution < 1.29 is 17.5 Å². The van der Waals surface area contributed by atoms with Gasteiger partial charge in [0.25, 0.3) is 9.05 Å². The van der Waals surface area contributed by atoms with Crippen molar-refractivity contribution in [1.82, 2.24) is 0 Å². The van der Waals surface area contributed by atoms with Gasteiger partial charge in [0.05, 0.1) is 11.5 Å². The molecule has 0 aliphatic carbocycles. The first-order chi connectivity index (χ1) is 8.34. The van der Waals surface area contributed by atoms with E-state index >= 15 is 0 Å². The van der Waals surface area contributed by atoms with Crippen LogP contribution in [-0.4, -0.2) is 15.0 Å². The van der Waals surface area contributed by atoms with Crippen molar-refractivity contribution in [2.45, 2.75) is 31.6 Å². The van der Waals surface area contributed by atoms with Gasteiger partial charge in [0, 0.05) is 10.7 Å². The maximum absolute atomic E-state index is 13.6. The summed E-state index contributed by atoms with van der Waals surface area (Å²) in [7, 11) is 1.21. The van der Waals surface area contributed by atoms with Crippen LogP contribution in [-0.2, 0) is 9.05 Å². The molecule has 0 saturated heterocycles. The summed E-state index contributed by atoms with van der Waals surface area (Å²) in [5.74, 6) is -0.353. The van der Waals surface area contributed by atoms with E-state index in [1.807, 2.05) is 6.92 Å². The monoisotopic (exact) mass is 294 g/mol. The van der Waals surface area contributed by atoms with Gasteiger partial charge in [-0.25, -0.2) is 12.8 Å². The molecule has 0 saturated carbocycles. The molecule has 1 unspecified atom stereocenters. The Morgan fingerprint density at radius 1 is 1.44 bits per heavy atom. The highest BCUT2D eigenvalue weighted by Crippen LogP contribution is 2.23. The van der Waals surface area contributed by atoms with Crippen molar-refractivity contribution in [2.75, 3.05) is 6.61 Å². The fourth-order valence-corrected chi connectivity index (χ4v) is 2.32. The average molecular weight is 295 g/mol. The highest BCUT2D eigenvalue weighted by atomic mass is 35.7. The second kappa shape index (κ2) is 6.38. The molecule has 0 amide bonds. The summed E-state index contributed by atoms with van der Waals surface area (Å²) in [6.45, 7) is 4.48. The number of hydrogen-bond donors (Lipinski definition) is 0. The first-order valence-corrected chi connectivity index (χ1v) is 8.02. The zero-order valence-electron chi connectivity index (χ0n) is 10.3. The molecule has 1 rings (SSSR count). The van der Waals surface area contributed by atoms with Crippen LogP contribution in [0.3, 0.4) is 0 Å². The maximum Gasteiger partial charge on any atom is 0.261 e. The van der Waals surface area contributed by atoms with Crippen molar-refractivity contribution in [3.63, 3.8) is 0 Å². The van der Waals surface area contributed by atoms with Gasteiger partial charge in [0.2, 0.25) is 0 Å². The van der Waals surface area contributed by atoms with Gasteiger partial charge in [-0.3, -0.25) is 0 Å². The standard InChI is InChI=1S/C12H16ClFO3S/c1-3-4-9(2)8-17-12-6-5-10(7-11(12)14)18(13,15)16/h5-7,9H,3-4,8H2,1-2H3. The van der Waals surface area contributed by atoms with E-state index in [9.17, 15) is 12.8 Å². The van der Waals surface area contributed by atoms with Gasteiger partial charge in [-0.2, -0.15) is 0 Å². The van der Waals surface area contributed by atoms with E-state index in [1.165, 1.54) is 12.1 Å². The second-order valence-electron chi connectivity index (χ2n) is 4.23. The molecule has 0 N–H and O–H groups in total. The highest BCUT2D eigenvalue weighted by molar-refractivity contribution is 8.13. The molecule has 102 valence electrons. The molecule has 1 atom stereocenters. The zero-order valence-corrected chi connectivity index (χ0v) is 11.9. The fourth-order valence-electron chi connectivity index (χ4n) is 1.56. The quantitative estimate of drug-likeness (QED) is 0.753. The van der Waals surface area contributed by atoms with Crippen molar-refractivity contribution in [2.24, 2.45) is 5.92 Å². The number of benzene rings is 1. The van der Waals surface area contributed by atoms with Crippen molar-refractivity contribution in [1.29, 1.82) is 0 Å². The minimum absolute atomic E-state index is 0.0435. The third-order valence-corrected chi connectivity index (χ3v) is 3.84. The van der Waals surface area contributed by atoms with Gasteiger partial charge in [-0.05, 0) is 30.5 Å². The molecule has 18 heavy (non-hydrogen) atoms. The summed E-state index contributed by atoms with van der Waals surface area (Å²) in [4.78, 5) is -0.268. The van der Waals surface area contributed by atoms with Crippen LogP contribution in [0.1, 0.15) is 26.7 Å². The van der Waals surface area contributed by atoms with Crippen LogP contribution < -0.4 is 4.74 Å². The molecular weight excluding hydrogens is 279 g/mol. The zero-order chi connectivity index (χ0) is 13.8. The van der Waals surface area contributed by atoms with Crippen LogP contribution in [0.15, 0.2) is 23.1 Å². The smallest absolute Gasteiger partial charge is 0.261 e. The van der Waals surface area contributed by atoms with Gasteiger partial charge < -0.3 is 4.74 Å². The molecular formula is C12H16ClFO3S. The molecule has 1 aromatic rings. The van der Waals surface area contributed by atoms with Crippen LogP contribution in [0, 0.1) is 11.7 Å². The Morgan fingerprint density at radius 3 is 2.61 bits per heavy atom. The third-order valence-electron chi connectivity index (χ3n) is 2.49. The van der Waals surface area contributed by atoms with E-state index in [0.29, 0.717) is 12.5 Å². The number of halogens is 2. The summed E-state index contributed by atoms with van der Waals surface area (Å²) < 4.78 is 40.9. The normalized spacial score (nSPS) is 13.3. The molecule has 0 aliphatic heterocycles. The van der Waals surface area contributed by atoms with Crippen molar-refractivity contribution >= 4 is 19.7 Å². The van der Waals surface area contributed by atoms with Crippen LogP contribution in [0.2, 0.25) is 0 Å². The van der Waals surface area contributed by atoms with Gasteiger partial charge in [-0.1, -0.05) is 20.3 Å². The third kappa shape index (κ3) is 4.46. The van der Waals surface area contributed by atoms with Crippen LogP contribution >= 0.6 is 10.7 Å². The van der Waals surface area contributed by atoms with E-state index in [2.05, 4.69) is 6.92 Å². The summed E-state index contributed by atoms with van der Waals surface area (Å²) in [5, 5.41) is 0. The Kier molecular flexibility index (Phi) is 5.41. The van der Waals surface area contributed by atoms with E-state index < -0.39 is 14.9 Å². The Labute approximate surface area is 111 Å². The molecule has 0 spiro atoms. The Morgan fingerprint density at radius 2 is 2.11 bits per heavy atom. The topological polar surface area (TPSA) is 43.4 Å². The van der Waals surface area contributed by atoms with Gasteiger partial charge >= 0.3 is 0 Å². The van der Waals surface area contributed by atoms with Crippen LogP contribution in [0.4, 0.5) is 4.39 Å². The Hall–Kier alpha value is -0.810. The van der Waals surface area contributed by atoms with E-state index in [0.717, 1.165) is 18.9 Å². The van der Waals surface area contributed by atoms with Gasteiger partial charge in [0.15, 0.2) is 11.6 Å². The van der Waals surface area contributed by atoms with Crippen molar-refractivity contribution in [3.05, 3.63) is 24.0 Å². The molecule has 3 nitrogen and oxygen atoms in total. The van der Waals surface area contributed by atoms with Crippen molar-refractivity contribution in [3.8, 4) is 5.75 Å². The number of hydrogen-bond acceptors (Lipinski definition) is 3. The van der Waals surface area contributed by atoms with E-state index in [4.69, 9.17) is 15.4 Å². The largest absolute Gasteiger partial charge is 0.490 e. The molecule has 0 aromatic heterocycles. The summed E-state index contributed by atoms with van der Waals surface area (Å²) in [6.07, 6.45) is 2.03. The highest BCUT2D eigenvalue weighted by Gasteiger charge is 2.14. The summed E-state index contributed by atoms with van der Waals surface area (Å²) in [5.41, 5.74) is 0. The Balaban J connectivity index is 2.75. The van der Waals surface area contributed by atoms with E-state index in [-0.39, 0.29) is 10.6 Å².